The van der Waals surface area contributed by atoms with E-state index >= 15 is 0 Å². The number of allylic oxidation sites excluding steroid dienone is 5. The van der Waals surface area contributed by atoms with E-state index in [0.717, 1.165) is 6.42 Å². The van der Waals surface area contributed by atoms with Crippen LogP contribution in [0.1, 0.15) is 27.2 Å². The summed E-state index contributed by atoms with van der Waals surface area (Å²) in [6.07, 6.45) is 7.26. The monoisotopic (exact) mass is 146 g/mol. The minimum Gasteiger partial charge on any atom is -0.117 e. The second-order valence-corrected chi connectivity index (χ2v) is 2.81. The molecule has 0 aliphatic heterocycles. The molecule has 0 aromatic heterocycles. The van der Waals surface area contributed by atoms with Crippen LogP contribution in [0.3, 0.4) is 0 Å². The van der Waals surface area contributed by atoms with E-state index < -0.39 is 0 Å². The largest absolute Gasteiger partial charge is 0.117 e. The molecule has 58 valence electrons. The first-order valence-corrected chi connectivity index (χ1v) is 4.05. The van der Waals surface area contributed by atoms with Crippen LogP contribution in [0.5, 0.6) is 0 Å². The van der Waals surface area contributed by atoms with Crippen LogP contribution < -0.4 is 0 Å². The molecule has 11 heavy (non-hydrogen) atoms. The van der Waals surface area contributed by atoms with Gasteiger partial charge in [-0.2, -0.15) is 0 Å². The molecule has 0 spiro atoms. The van der Waals surface area contributed by atoms with Gasteiger partial charge in [0.15, 0.2) is 0 Å². The lowest BCUT2D eigenvalue weighted by Gasteiger charge is -2.04. The molecule has 1 rings (SSSR count). The number of hydrogen-bond acceptors (Lipinski definition) is 0. The third-order valence-corrected chi connectivity index (χ3v) is 2.02. The van der Waals surface area contributed by atoms with E-state index in [1.807, 2.05) is 12.2 Å². The van der Waals surface area contributed by atoms with Crippen LogP contribution >= 0.6 is 0 Å². The Kier molecular flexibility index (Phi) is 2.51. The van der Waals surface area contributed by atoms with Crippen molar-refractivity contribution in [3.63, 3.8) is 0 Å². The summed E-state index contributed by atoms with van der Waals surface area (Å²) < 4.78 is 0. The maximum absolute atomic E-state index is 3.22. The maximum atomic E-state index is 3.22. The fourth-order valence-electron chi connectivity index (χ4n) is 1.39. The standard InChI is InChI=1S/C11H14/c1-4-11-9(2)7-5-6-8-10(11)3/h5-7H,4H2,1-3H3. The van der Waals surface area contributed by atoms with Crippen LogP contribution in [-0.4, -0.2) is 0 Å². The first-order chi connectivity index (χ1) is 5.25. The van der Waals surface area contributed by atoms with Gasteiger partial charge in [0.2, 0.25) is 0 Å². The van der Waals surface area contributed by atoms with Gasteiger partial charge >= 0.3 is 0 Å². The summed E-state index contributed by atoms with van der Waals surface area (Å²) in [6, 6.07) is 0. The summed E-state index contributed by atoms with van der Waals surface area (Å²) in [5.74, 6) is 0. The quantitative estimate of drug-likeness (QED) is 0.497. The van der Waals surface area contributed by atoms with Crippen LogP contribution in [0.15, 0.2) is 40.7 Å². The van der Waals surface area contributed by atoms with E-state index in [1.165, 1.54) is 16.7 Å². The molecular weight excluding hydrogens is 132 g/mol. The molecule has 0 heterocycles. The van der Waals surface area contributed by atoms with E-state index in [4.69, 9.17) is 0 Å². The minimum atomic E-state index is 1.10. The molecule has 0 heteroatoms. The lowest BCUT2D eigenvalue weighted by Crippen LogP contribution is -1.85. The van der Waals surface area contributed by atoms with E-state index in [9.17, 15) is 0 Å². The van der Waals surface area contributed by atoms with Crippen molar-refractivity contribution in [1.29, 1.82) is 0 Å². The number of rotatable bonds is 1. The van der Waals surface area contributed by atoms with Gasteiger partial charge in [0, 0.05) is 0 Å². The Hall–Kier alpha value is -1.00. The normalized spacial score (nSPS) is 16.8. The highest BCUT2D eigenvalue weighted by molar-refractivity contribution is 5.40. The van der Waals surface area contributed by atoms with Gasteiger partial charge in [0.25, 0.3) is 0 Å². The van der Waals surface area contributed by atoms with E-state index in [1.54, 1.807) is 0 Å². The van der Waals surface area contributed by atoms with Gasteiger partial charge in [-0.1, -0.05) is 19.1 Å². The second kappa shape index (κ2) is 3.41. The SMILES string of the molecule is CCC1=C(C)C=CC=C=C1C. The molecule has 0 fully saturated rings. The third-order valence-electron chi connectivity index (χ3n) is 2.02. The fourth-order valence-corrected chi connectivity index (χ4v) is 1.39. The lowest BCUT2D eigenvalue weighted by molar-refractivity contribution is 1.08. The van der Waals surface area contributed by atoms with Crippen LogP contribution in [0, 0.1) is 0 Å². The topological polar surface area (TPSA) is 0 Å². The zero-order valence-electron chi connectivity index (χ0n) is 7.44. The zero-order chi connectivity index (χ0) is 8.27. The Labute approximate surface area is 68.6 Å². The first kappa shape index (κ1) is 8.10. The van der Waals surface area contributed by atoms with Crippen molar-refractivity contribution in [2.45, 2.75) is 27.2 Å². The van der Waals surface area contributed by atoms with Crippen molar-refractivity contribution in [3.8, 4) is 0 Å². The summed E-state index contributed by atoms with van der Waals surface area (Å²) in [7, 11) is 0. The van der Waals surface area contributed by atoms with Crippen molar-refractivity contribution in [3.05, 3.63) is 40.7 Å². The van der Waals surface area contributed by atoms with Gasteiger partial charge in [0.05, 0.1) is 0 Å². The fraction of sp³-hybridized carbons (Fsp3) is 0.364. The van der Waals surface area contributed by atoms with Crippen molar-refractivity contribution in [2.75, 3.05) is 0 Å². The van der Waals surface area contributed by atoms with Crippen LogP contribution in [0.2, 0.25) is 0 Å². The van der Waals surface area contributed by atoms with Gasteiger partial charge in [-0.25, -0.2) is 0 Å². The van der Waals surface area contributed by atoms with E-state index in [-0.39, 0.29) is 0 Å². The Morgan fingerprint density at radius 3 is 2.73 bits per heavy atom. The highest BCUT2D eigenvalue weighted by atomic mass is 14.0. The Morgan fingerprint density at radius 1 is 1.36 bits per heavy atom. The van der Waals surface area contributed by atoms with Crippen molar-refractivity contribution >= 4 is 0 Å². The number of hydrogen-bond donors (Lipinski definition) is 0. The molecule has 0 bridgehead atoms. The Morgan fingerprint density at radius 2 is 2.09 bits per heavy atom. The lowest BCUT2D eigenvalue weighted by atomic mass is 10.0. The maximum Gasteiger partial charge on any atom is -0.00568 e. The zero-order valence-corrected chi connectivity index (χ0v) is 7.44. The molecule has 1 aliphatic rings. The van der Waals surface area contributed by atoms with Crippen molar-refractivity contribution in [2.24, 2.45) is 0 Å². The summed E-state index contributed by atoms with van der Waals surface area (Å²) in [5.41, 5.74) is 7.29. The minimum absolute atomic E-state index is 1.10. The molecule has 0 atom stereocenters. The summed E-state index contributed by atoms with van der Waals surface area (Å²) >= 11 is 0. The van der Waals surface area contributed by atoms with Crippen LogP contribution in [-0.2, 0) is 0 Å². The average molecular weight is 146 g/mol. The second-order valence-electron chi connectivity index (χ2n) is 2.81. The van der Waals surface area contributed by atoms with Gasteiger partial charge in [-0.3, -0.25) is 0 Å². The predicted molar refractivity (Wildman–Crippen MR) is 49.4 cm³/mol. The molecule has 0 nitrogen and oxygen atoms in total. The third kappa shape index (κ3) is 1.72. The molecule has 0 amide bonds. The van der Waals surface area contributed by atoms with Gasteiger partial charge in [-0.15, -0.1) is 5.73 Å². The molecular formula is C11H14. The molecule has 0 radical (unpaired) electrons. The molecule has 0 unspecified atom stereocenters. The molecule has 0 aromatic rings. The van der Waals surface area contributed by atoms with Crippen molar-refractivity contribution < 1.29 is 0 Å². The summed E-state index contributed by atoms with van der Waals surface area (Å²) in [5, 5.41) is 0. The highest BCUT2D eigenvalue weighted by Crippen LogP contribution is 2.19. The average Bonchev–Trinajstić information content (AvgIpc) is 2.12. The molecule has 0 saturated carbocycles. The Bertz CT molecular complexity index is 268. The predicted octanol–water partition coefficient (Wildman–Crippen LogP) is 3.38. The first-order valence-electron chi connectivity index (χ1n) is 4.05. The summed E-state index contributed by atoms with van der Waals surface area (Å²) in [4.78, 5) is 0. The smallest absolute Gasteiger partial charge is 0.00568 e. The Balaban J connectivity index is 3.15. The van der Waals surface area contributed by atoms with E-state index in [2.05, 4.69) is 32.6 Å². The summed E-state index contributed by atoms with van der Waals surface area (Å²) in [6.45, 7) is 6.45. The highest BCUT2D eigenvalue weighted by Gasteiger charge is 2.00. The van der Waals surface area contributed by atoms with Crippen molar-refractivity contribution in [1.82, 2.24) is 0 Å². The molecule has 1 aliphatic carbocycles. The van der Waals surface area contributed by atoms with Crippen LogP contribution in [0.4, 0.5) is 0 Å². The van der Waals surface area contributed by atoms with Gasteiger partial charge < -0.3 is 0 Å². The molecule has 0 N–H and O–H groups in total. The molecule has 0 aromatic carbocycles. The van der Waals surface area contributed by atoms with Gasteiger partial charge in [-0.05, 0) is 43.1 Å². The van der Waals surface area contributed by atoms with Crippen LogP contribution in [0.25, 0.3) is 0 Å². The molecule has 0 saturated heterocycles. The van der Waals surface area contributed by atoms with Gasteiger partial charge in [0.1, 0.15) is 0 Å². The van der Waals surface area contributed by atoms with E-state index in [0.29, 0.717) is 0 Å².